The lowest BCUT2D eigenvalue weighted by Gasteiger charge is -2.08. The summed E-state index contributed by atoms with van der Waals surface area (Å²) < 4.78 is 0.734. The van der Waals surface area contributed by atoms with Gasteiger partial charge < -0.3 is 5.32 Å². The molecule has 1 aliphatic rings. The van der Waals surface area contributed by atoms with Gasteiger partial charge in [0.05, 0.1) is 4.47 Å². The molecule has 0 bridgehead atoms. The van der Waals surface area contributed by atoms with Gasteiger partial charge in [-0.15, -0.1) is 0 Å². The SMILES string of the molecule is CC1(C)C(CNc2ncnc(Cl)c2Br)C1(C)C. The average Bonchev–Trinajstić information content (AvgIpc) is 2.61. The Morgan fingerprint density at radius 2 is 1.88 bits per heavy atom. The maximum atomic E-state index is 5.92. The van der Waals surface area contributed by atoms with E-state index in [0.29, 0.717) is 21.9 Å². The number of aromatic nitrogens is 2. The molecule has 0 amide bonds. The summed E-state index contributed by atoms with van der Waals surface area (Å²) >= 11 is 9.31. The highest BCUT2D eigenvalue weighted by molar-refractivity contribution is 9.10. The Morgan fingerprint density at radius 1 is 1.29 bits per heavy atom. The zero-order chi connectivity index (χ0) is 12.8. The second-order valence-electron chi connectivity index (χ2n) is 5.70. The smallest absolute Gasteiger partial charge is 0.148 e. The van der Waals surface area contributed by atoms with Gasteiger partial charge in [-0.3, -0.25) is 0 Å². The fourth-order valence-corrected chi connectivity index (χ4v) is 2.99. The number of halogens is 2. The lowest BCUT2D eigenvalue weighted by molar-refractivity contribution is 0.457. The Morgan fingerprint density at radius 3 is 2.41 bits per heavy atom. The number of anilines is 1. The quantitative estimate of drug-likeness (QED) is 0.856. The average molecular weight is 319 g/mol. The molecule has 0 radical (unpaired) electrons. The molecule has 1 aromatic rings. The van der Waals surface area contributed by atoms with Crippen molar-refractivity contribution < 1.29 is 0 Å². The Bertz CT molecular complexity index is 431. The van der Waals surface area contributed by atoms with E-state index < -0.39 is 0 Å². The monoisotopic (exact) mass is 317 g/mol. The van der Waals surface area contributed by atoms with Crippen molar-refractivity contribution in [2.45, 2.75) is 27.7 Å². The van der Waals surface area contributed by atoms with E-state index in [9.17, 15) is 0 Å². The Labute approximate surface area is 116 Å². The summed E-state index contributed by atoms with van der Waals surface area (Å²) in [5.74, 6) is 1.42. The number of hydrogen-bond donors (Lipinski definition) is 1. The summed E-state index contributed by atoms with van der Waals surface area (Å²) in [6.07, 6.45) is 1.47. The summed E-state index contributed by atoms with van der Waals surface area (Å²) in [4.78, 5) is 8.09. The molecule has 1 fully saturated rings. The Balaban J connectivity index is 2.03. The van der Waals surface area contributed by atoms with Gasteiger partial charge in [-0.25, -0.2) is 9.97 Å². The topological polar surface area (TPSA) is 37.8 Å². The largest absolute Gasteiger partial charge is 0.369 e. The highest BCUT2D eigenvalue weighted by Gasteiger charge is 2.64. The van der Waals surface area contributed by atoms with Crippen molar-refractivity contribution in [1.29, 1.82) is 0 Å². The van der Waals surface area contributed by atoms with Crippen molar-refractivity contribution in [2.24, 2.45) is 16.7 Å². The molecule has 17 heavy (non-hydrogen) atoms. The van der Waals surface area contributed by atoms with Crippen LogP contribution in [0.25, 0.3) is 0 Å². The molecule has 2 rings (SSSR count). The van der Waals surface area contributed by atoms with Crippen LogP contribution in [0.3, 0.4) is 0 Å². The minimum atomic E-state index is 0.378. The predicted molar refractivity (Wildman–Crippen MR) is 74.3 cm³/mol. The van der Waals surface area contributed by atoms with E-state index in [2.05, 4.69) is 58.9 Å². The van der Waals surface area contributed by atoms with Gasteiger partial charge in [0.2, 0.25) is 0 Å². The first-order chi connectivity index (χ1) is 7.78. The van der Waals surface area contributed by atoms with Gasteiger partial charge in [0, 0.05) is 6.54 Å². The van der Waals surface area contributed by atoms with Crippen molar-refractivity contribution in [3.8, 4) is 0 Å². The molecule has 0 atom stereocenters. The molecule has 1 N–H and O–H groups in total. The van der Waals surface area contributed by atoms with E-state index in [1.54, 1.807) is 0 Å². The molecule has 0 unspecified atom stereocenters. The van der Waals surface area contributed by atoms with Crippen molar-refractivity contribution in [1.82, 2.24) is 9.97 Å². The third kappa shape index (κ3) is 2.06. The van der Waals surface area contributed by atoms with Crippen LogP contribution in [0.15, 0.2) is 10.8 Å². The van der Waals surface area contributed by atoms with Crippen LogP contribution in [0, 0.1) is 16.7 Å². The van der Waals surface area contributed by atoms with Gasteiger partial charge >= 0.3 is 0 Å². The predicted octanol–water partition coefficient (Wildman–Crippen LogP) is 3.99. The molecular formula is C12H17BrClN3. The van der Waals surface area contributed by atoms with E-state index >= 15 is 0 Å². The van der Waals surface area contributed by atoms with Gasteiger partial charge in [0.25, 0.3) is 0 Å². The lowest BCUT2D eigenvalue weighted by Crippen LogP contribution is -2.10. The Hall–Kier alpha value is -0.350. The fraction of sp³-hybridized carbons (Fsp3) is 0.667. The highest BCUT2D eigenvalue weighted by atomic mass is 79.9. The van der Waals surface area contributed by atoms with Gasteiger partial charge in [-0.1, -0.05) is 39.3 Å². The van der Waals surface area contributed by atoms with Gasteiger partial charge in [0.1, 0.15) is 17.3 Å². The molecule has 5 heteroatoms. The second-order valence-corrected chi connectivity index (χ2v) is 6.85. The first kappa shape index (κ1) is 13.1. The van der Waals surface area contributed by atoms with Gasteiger partial charge in [-0.05, 0) is 32.7 Å². The second kappa shape index (κ2) is 4.09. The van der Waals surface area contributed by atoms with Crippen LogP contribution in [0.4, 0.5) is 5.82 Å². The first-order valence-electron chi connectivity index (χ1n) is 5.68. The number of hydrogen-bond acceptors (Lipinski definition) is 3. The molecular weight excluding hydrogens is 302 g/mol. The molecule has 0 aromatic carbocycles. The molecule has 94 valence electrons. The zero-order valence-electron chi connectivity index (χ0n) is 10.5. The van der Waals surface area contributed by atoms with Crippen LogP contribution >= 0.6 is 27.5 Å². The lowest BCUT2D eigenvalue weighted by atomic mass is 10.0. The maximum absolute atomic E-state index is 5.92. The van der Waals surface area contributed by atoms with E-state index in [-0.39, 0.29) is 0 Å². The van der Waals surface area contributed by atoms with Crippen LogP contribution in [-0.4, -0.2) is 16.5 Å². The van der Waals surface area contributed by atoms with Crippen molar-refractivity contribution in [3.05, 3.63) is 16.0 Å². The van der Waals surface area contributed by atoms with E-state index in [1.807, 2.05) is 0 Å². The molecule has 1 aromatic heterocycles. The Kier molecular flexibility index (Phi) is 3.15. The molecule has 0 spiro atoms. The van der Waals surface area contributed by atoms with Gasteiger partial charge in [0.15, 0.2) is 0 Å². The third-order valence-electron chi connectivity index (χ3n) is 4.54. The number of nitrogens with one attached hydrogen (secondary N) is 1. The zero-order valence-corrected chi connectivity index (χ0v) is 12.9. The highest BCUT2D eigenvalue weighted by Crippen LogP contribution is 2.68. The summed E-state index contributed by atoms with van der Waals surface area (Å²) in [5.41, 5.74) is 0.757. The summed E-state index contributed by atoms with van der Waals surface area (Å²) in [6.45, 7) is 10.1. The molecule has 0 saturated heterocycles. The van der Waals surface area contributed by atoms with Crippen LogP contribution in [-0.2, 0) is 0 Å². The summed E-state index contributed by atoms with van der Waals surface area (Å²) in [5, 5.41) is 3.79. The van der Waals surface area contributed by atoms with Crippen molar-refractivity contribution in [2.75, 3.05) is 11.9 Å². The van der Waals surface area contributed by atoms with Crippen LogP contribution in [0.2, 0.25) is 5.15 Å². The fourth-order valence-electron chi connectivity index (χ4n) is 2.51. The van der Waals surface area contributed by atoms with Crippen molar-refractivity contribution >= 4 is 33.3 Å². The third-order valence-corrected chi connectivity index (χ3v) is 5.81. The summed E-state index contributed by atoms with van der Waals surface area (Å²) in [7, 11) is 0. The minimum Gasteiger partial charge on any atom is -0.369 e. The number of nitrogens with zero attached hydrogens (tertiary/aromatic N) is 2. The van der Waals surface area contributed by atoms with E-state index in [4.69, 9.17) is 11.6 Å². The molecule has 1 aliphatic carbocycles. The minimum absolute atomic E-state index is 0.378. The van der Waals surface area contributed by atoms with Gasteiger partial charge in [-0.2, -0.15) is 0 Å². The molecule has 3 nitrogen and oxygen atoms in total. The van der Waals surface area contributed by atoms with Crippen LogP contribution in [0.1, 0.15) is 27.7 Å². The molecule has 1 heterocycles. The van der Waals surface area contributed by atoms with Crippen LogP contribution < -0.4 is 5.32 Å². The van der Waals surface area contributed by atoms with E-state index in [1.165, 1.54) is 6.33 Å². The normalized spacial score (nSPS) is 21.3. The first-order valence-corrected chi connectivity index (χ1v) is 6.85. The number of rotatable bonds is 3. The maximum Gasteiger partial charge on any atom is 0.148 e. The van der Waals surface area contributed by atoms with Crippen LogP contribution in [0.5, 0.6) is 0 Å². The van der Waals surface area contributed by atoms with Crippen molar-refractivity contribution in [3.63, 3.8) is 0 Å². The molecule has 1 saturated carbocycles. The molecule has 0 aliphatic heterocycles. The van der Waals surface area contributed by atoms with E-state index in [0.717, 1.165) is 16.8 Å². The standard InChI is InChI=1S/C12H17BrClN3/c1-11(2)7(12(11,3)4)5-15-10-8(13)9(14)16-6-17-10/h6-7H,5H2,1-4H3,(H,15,16,17). The summed E-state index contributed by atoms with van der Waals surface area (Å²) in [6, 6.07) is 0.